The third kappa shape index (κ3) is 1.52. The van der Waals surface area contributed by atoms with Crippen molar-refractivity contribution >= 4 is 11.6 Å². The molecule has 0 radical (unpaired) electrons. The van der Waals surface area contributed by atoms with E-state index in [1.54, 1.807) is 4.90 Å². The molecule has 0 aliphatic carbocycles. The number of nitriles is 2. The summed E-state index contributed by atoms with van der Waals surface area (Å²) in [5.41, 5.74) is -0.741. The maximum absolute atomic E-state index is 13.3. The van der Waals surface area contributed by atoms with Crippen LogP contribution >= 0.6 is 0 Å². The molecule has 2 heterocycles. The van der Waals surface area contributed by atoms with Crippen molar-refractivity contribution in [3.8, 4) is 12.1 Å². The first-order valence-electron chi connectivity index (χ1n) is 7.49. The number of benzene rings is 1. The lowest BCUT2D eigenvalue weighted by molar-refractivity contribution is -0.124. The maximum atomic E-state index is 13.3. The molecule has 5 heteroatoms. The van der Waals surface area contributed by atoms with Gasteiger partial charge in [-0.3, -0.25) is 4.79 Å². The van der Waals surface area contributed by atoms with E-state index in [-0.39, 0.29) is 5.91 Å². The van der Waals surface area contributed by atoms with Crippen LogP contribution in [0.3, 0.4) is 0 Å². The van der Waals surface area contributed by atoms with Gasteiger partial charge in [0.15, 0.2) is 5.41 Å². The Labute approximate surface area is 130 Å². The van der Waals surface area contributed by atoms with E-state index in [1.165, 1.54) is 0 Å². The first-order chi connectivity index (χ1) is 10.6. The van der Waals surface area contributed by atoms with E-state index in [1.807, 2.05) is 43.1 Å². The summed E-state index contributed by atoms with van der Waals surface area (Å²) in [6.07, 6.45) is 0.831. The van der Waals surface area contributed by atoms with Crippen molar-refractivity contribution in [2.45, 2.75) is 18.8 Å². The Morgan fingerprint density at radius 2 is 1.91 bits per heavy atom. The molecule has 112 valence electrons. The largest absolute Gasteiger partial charge is 0.311 e. The van der Waals surface area contributed by atoms with Crippen molar-refractivity contribution in [2.75, 3.05) is 31.6 Å². The number of hydrogen-bond acceptors (Lipinski definition) is 4. The van der Waals surface area contributed by atoms with E-state index in [0.29, 0.717) is 19.6 Å². The van der Waals surface area contributed by atoms with Gasteiger partial charge in [0.05, 0.1) is 12.1 Å². The number of para-hydroxylation sites is 1. The minimum absolute atomic E-state index is 0.108. The van der Waals surface area contributed by atoms with E-state index in [4.69, 9.17) is 0 Å². The summed E-state index contributed by atoms with van der Waals surface area (Å²) in [5.74, 6) is -0.108. The Hall–Kier alpha value is -2.37. The molecule has 2 aliphatic heterocycles. The highest BCUT2D eigenvalue weighted by atomic mass is 16.2. The number of rotatable bonds is 2. The van der Waals surface area contributed by atoms with Gasteiger partial charge in [0.1, 0.15) is 5.41 Å². The van der Waals surface area contributed by atoms with Crippen molar-refractivity contribution in [1.82, 2.24) is 4.90 Å². The molecule has 1 spiro atoms. The van der Waals surface area contributed by atoms with Gasteiger partial charge in [-0.25, -0.2) is 0 Å². The van der Waals surface area contributed by atoms with Crippen molar-refractivity contribution in [1.29, 1.82) is 10.5 Å². The lowest BCUT2D eigenvalue weighted by Crippen LogP contribution is -2.51. The van der Waals surface area contributed by atoms with Gasteiger partial charge in [-0.1, -0.05) is 25.1 Å². The quantitative estimate of drug-likeness (QED) is 0.831. The third-order valence-electron chi connectivity index (χ3n) is 4.84. The number of carbonyl (C=O) groups excluding carboxylic acids is 1. The molecule has 1 saturated heterocycles. The molecular formula is C17H18N4O. The van der Waals surface area contributed by atoms with Crippen LogP contribution in [0.15, 0.2) is 24.3 Å². The number of nitrogens with zero attached hydrogens (tertiary/aromatic N) is 4. The van der Waals surface area contributed by atoms with Gasteiger partial charge >= 0.3 is 0 Å². The van der Waals surface area contributed by atoms with Gasteiger partial charge in [0.2, 0.25) is 5.91 Å². The number of anilines is 1. The van der Waals surface area contributed by atoms with Gasteiger partial charge < -0.3 is 9.80 Å². The Bertz CT molecular complexity index is 700. The number of hydrogen-bond donors (Lipinski definition) is 0. The molecule has 2 aliphatic rings. The van der Waals surface area contributed by atoms with Crippen LogP contribution in [0.1, 0.15) is 18.9 Å². The van der Waals surface area contributed by atoms with E-state index in [2.05, 4.69) is 12.1 Å². The molecule has 0 N–H and O–H groups in total. The molecule has 1 amide bonds. The second kappa shape index (κ2) is 4.83. The highest BCUT2D eigenvalue weighted by Gasteiger charge is 2.68. The van der Waals surface area contributed by atoms with Crippen LogP contribution in [0.4, 0.5) is 5.69 Å². The standard InChI is InChI=1S/C17H18N4O/c1-3-8-21-14-7-5-4-6-13(14)17(15(21)22)12-20(2)11-16(17,9-18)10-19/h4-7H,3,8,11-12H2,1-2H3/t17-/m1/s1. The highest BCUT2D eigenvalue weighted by Crippen LogP contribution is 2.55. The van der Waals surface area contributed by atoms with Gasteiger partial charge in [-0.2, -0.15) is 10.5 Å². The van der Waals surface area contributed by atoms with Crippen LogP contribution in [0.2, 0.25) is 0 Å². The fraction of sp³-hybridized carbons (Fsp3) is 0.471. The second-order valence-corrected chi connectivity index (χ2v) is 6.18. The summed E-state index contributed by atoms with van der Waals surface area (Å²) in [7, 11) is 1.86. The van der Waals surface area contributed by atoms with Crippen LogP contribution in [-0.4, -0.2) is 37.5 Å². The fourth-order valence-corrected chi connectivity index (χ4v) is 3.96. The summed E-state index contributed by atoms with van der Waals surface area (Å²) < 4.78 is 0. The molecule has 0 bridgehead atoms. The summed E-state index contributed by atoms with van der Waals surface area (Å²) in [4.78, 5) is 16.9. The molecule has 1 aromatic rings. The smallest absolute Gasteiger partial charge is 0.241 e. The van der Waals surface area contributed by atoms with E-state index in [0.717, 1.165) is 17.7 Å². The van der Waals surface area contributed by atoms with Crippen LogP contribution in [0.25, 0.3) is 0 Å². The summed E-state index contributed by atoms with van der Waals surface area (Å²) in [6.45, 7) is 3.32. The Balaban J connectivity index is 2.29. The topological polar surface area (TPSA) is 71.1 Å². The van der Waals surface area contributed by atoms with Gasteiger partial charge in [0, 0.05) is 25.3 Å². The first-order valence-corrected chi connectivity index (χ1v) is 7.49. The van der Waals surface area contributed by atoms with E-state index >= 15 is 0 Å². The SMILES string of the molecule is CCCN1C(=O)[C@@]2(CN(C)CC2(C#N)C#N)c2ccccc21. The molecule has 0 unspecified atom stereocenters. The molecular weight excluding hydrogens is 276 g/mol. The summed E-state index contributed by atoms with van der Waals surface area (Å²) in [5, 5.41) is 19.5. The summed E-state index contributed by atoms with van der Waals surface area (Å²) in [6, 6.07) is 11.9. The number of amides is 1. The van der Waals surface area contributed by atoms with Crippen LogP contribution in [0, 0.1) is 28.1 Å². The van der Waals surface area contributed by atoms with Crippen molar-refractivity contribution < 1.29 is 4.79 Å². The Morgan fingerprint density at radius 3 is 2.55 bits per heavy atom. The molecule has 3 rings (SSSR count). The summed E-state index contributed by atoms with van der Waals surface area (Å²) >= 11 is 0. The predicted molar refractivity (Wildman–Crippen MR) is 81.9 cm³/mol. The zero-order valence-corrected chi connectivity index (χ0v) is 12.8. The minimum atomic E-state index is -1.34. The monoisotopic (exact) mass is 294 g/mol. The Morgan fingerprint density at radius 1 is 1.23 bits per heavy atom. The molecule has 5 nitrogen and oxygen atoms in total. The van der Waals surface area contributed by atoms with Crippen LogP contribution in [-0.2, 0) is 10.2 Å². The zero-order valence-electron chi connectivity index (χ0n) is 12.8. The molecule has 1 atom stereocenters. The predicted octanol–water partition coefficient (Wildman–Crippen LogP) is 1.66. The lowest BCUT2D eigenvalue weighted by atomic mass is 9.64. The van der Waals surface area contributed by atoms with Crippen LogP contribution < -0.4 is 4.90 Å². The van der Waals surface area contributed by atoms with E-state index in [9.17, 15) is 15.3 Å². The van der Waals surface area contributed by atoms with Gasteiger partial charge in [-0.15, -0.1) is 0 Å². The molecule has 0 saturated carbocycles. The molecule has 1 aromatic carbocycles. The Kier molecular flexibility index (Phi) is 3.20. The molecule has 0 aromatic heterocycles. The number of carbonyl (C=O) groups is 1. The van der Waals surface area contributed by atoms with Crippen molar-refractivity contribution in [3.05, 3.63) is 29.8 Å². The maximum Gasteiger partial charge on any atom is 0.241 e. The average Bonchev–Trinajstić information content (AvgIpc) is 2.97. The van der Waals surface area contributed by atoms with E-state index < -0.39 is 10.8 Å². The molecule has 22 heavy (non-hydrogen) atoms. The third-order valence-corrected chi connectivity index (χ3v) is 4.84. The lowest BCUT2D eigenvalue weighted by Gasteiger charge is -2.31. The normalized spacial score (nSPS) is 26.0. The zero-order chi connectivity index (χ0) is 16.0. The van der Waals surface area contributed by atoms with Crippen LogP contribution in [0.5, 0.6) is 0 Å². The number of likely N-dealkylation sites (N-methyl/N-ethyl adjacent to an activating group) is 1. The van der Waals surface area contributed by atoms with Gasteiger partial charge in [-0.05, 0) is 25.1 Å². The second-order valence-electron chi connectivity index (χ2n) is 6.18. The van der Waals surface area contributed by atoms with Crippen molar-refractivity contribution in [3.63, 3.8) is 0 Å². The fourth-order valence-electron chi connectivity index (χ4n) is 3.96. The number of fused-ring (bicyclic) bond motifs is 2. The van der Waals surface area contributed by atoms with Gasteiger partial charge in [0.25, 0.3) is 0 Å². The first kappa shape index (κ1) is 14.6. The minimum Gasteiger partial charge on any atom is -0.311 e. The molecule has 1 fully saturated rings. The average molecular weight is 294 g/mol. The van der Waals surface area contributed by atoms with Crippen molar-refractivity contribution in [2.24, 2.45) is 5.41 Å². The number of likely N-dealkylation sites (tertiary alicyclic amines) is 1. The highest BCUT2D eigenvalue weighted by molar-refractivity contribution is 6.10.